The Morgan fingerprint density at radius 1 is 0.800 bits per heavy atom. The predicted molar refractivity (Wildman–Crippen MR) is 135 cm³/mol. The monoisotopic (exact) mass is 517 g/mol. The van der Waals surface area contributed by atoms with E-state index in [1.54, 1.807) is 0 Å². The highest BCUT2D eigenvalue weighted by atomic mass is 28.4. The molecule has 0 saturated heterocycles. The maximum absolute atomic E-state index is 11.1. The number of nitro groups is 2. The van der Waals surface area contributed by atoms with Crippen LogP contribution in [-0.4, -0.2) is 84.2 Å². The number of rotatable bonds is 19. The summed E-state index contributed by atoms with van der Waals surface area (Å²) in [5.41, 5.74) is -0.490. The van der Waals surface area contributed by atoms with Crippen molar-refractivity contribution in [2.75, 3.05) is 71.3 Å². The highest BCUT2D eigenvalue weighted by molar-refractivity contribution is 6.74. The molecule has 0 aliphatic carbocycles. The van der Waals surface area contributed by atoms with Gasteiger partial charge in [-0.2, -0.15) is 0 Å². The van der Waals surface area contributed by atoms with E-state index in [0.29, 0.717) is 66.0 Å². The van der Waals surface area contributed by atoms with Gasteiger partial charge in [0.25, 0.3) is 11.4 Å². The van der Waals surface area contributed by atoms with Crippen molar-refractivity contribution in [2.45, 2.75) is 38.9 Å². The van der Waals surface area contributed by atoms with Gasteiger partial charge in [-0.3, -0.25) is 20.2 Å². The van der Waals surface area contributed by atoms with E-state index in [0.717, 1.165) is 6.07 Å². The Labute approximate surface area is 207 Å². The van der Waals surface area contributed by atoms with Crippen molar-refractivity contribution in [3.8, 4) is 0 Å². The molecule has 0 fully saturated rings. The molecule has 0 heterocycles. The summed E-state index contributed by atoms with van der Waals surface area (Å²) in [6.07, 6.45) is 0. The summed E-state index contributed by atoms with van der Waals surface area (Å²) in [6, 6.07) is 3.45. The molecular formula is C22H39N3O9Si. The summed E-state index contributed by atoms with van der Waals surface area (Å²) in [4.78, 5) is 20.5. The van der Waals surface area contributed by atoms with Crippen LogP contribution in [-0.2, 0) is 23.4 Å². The minimum absolute atomic E-state index is 0.191. The molecule has 1 N–H and O–H groups in total. The predicted octanol–water partition coefficient (Wildman–Crippen LogP) is 4.00. The molecule has 0 amide bonds. The Balaban J connectivity index is 1.98. The molecule has 0 radical (unpaired) electrons. The van der Waals surface area contributed by atoms with Crippen LogP contribution in [0.25, 0.3) is 0 Å². The first-order chi connectivity index (χ1) is 16.5. The maximum Gasteiger partial charge on any atom is 0.299 e. The fourth-order valence-electron chi connectivity index (χ4n) is 2.53. The summed E-state index contributed by atoms with van der Waals surface area (Å²) in [7, 11) is -1.72. The second-order valence-corrected chi connectivity index (χ2v) is 14.0. The van der Waals surface area contributed by atoms with Crippen LogP contribution in [0, 0.1) is 20.2 Å². The quantitative estimate of drug-likeness (QED) is 0.124. The molecule has 35 heavy (non-hydrogen) atoms. The van der Waals surface area contributed by atoms with E-state index in [1.165, 1.54) is 12.1 Å². The normalized spacial score (nSPS) is 12.0. The highest BCUT2D eigenvalue weighted by Crippen LogP contribution is 2.36. The molecular weight excluding hydrogens is 478 g/mol. The van der Waals surface area contributed by atoms with Crippen LogP contribution in [0.5, 0.6) is 0 Å². The topological polar surface area (TPSA) is 144 Å². The zero-order valence-electron chi connectivity index (χ0n) is 21.4. The molecule has 13 heteroatoms. The van der Waals surface area contributed by atoms with Gasteiger partial charge in [0.1, 0.15) is 5.69 Å². The van der Waals surface area contributed by atoms with Crippen LogP contribution >= 0.6 is 0 Å². The van der Waals surface area contributed by atoms with E-state index in [9.17, 15) is 20.2 Å². The number of nitro benzene ring substituents is 2. The Bertz CT molecular complexity index is 788. The summed E-state index contributed by atoms with van der Waals surface area (Å²) >= 11 is 0. The van der Waals surface area contributed by atoms with Crippen molar-refractivity contribution < 1.29 is 33.2 Å². The second kappa shape index (κ2) is 15.8. The summed E-state index contributed by atoms with van der Waals surface area (Å²) in [5, 5.41) is 24.9. The second-order valence-electron chi connectivity index (χ2n) is 9.20. The SMILES string of the molecule is CC(C)(C)[Si](C)(C)OCCOCCOCCOCCOCCNc1ccc([N+](=O)[O-])cc1[N+](=O)[O-]. The molecule has 0 saturated carbocycles. The maximum atomic E-state index is 11.1. The zero-order valence-corrected chi connectivity index (χ0v) is 22.4. The molecule has 1 rings (SSSR count). The van der Waals surface area contributed by atoms with Gasteiger partial charge >= 0.3 is 0 Å². The van der Waals surface area contributed by atoms with Crippen molar-refractivity contribution in [1.29, 1.82) is 0 Å². The van der Waals surface area contributed by atoms with Gasteiger partial charge in [-0.15, -0.1) is 0 Å². The van der Waals surface area contributed by atoms with Gasteiger partial charge in [-0.05, 0) is 24.2 Å². The number of hydrogen-bond acceptors (Lipinski definition) is 10. The van der Waals surface area contributed by atoms with E-state index in [4.69, 9.17) is 23.4 Å². The summed E-state index contributed by atoms with van der Waals surface area (Å²) < 4.78 is 27.9. The number of nitrogens with one attached hydrogen (secondary N) is 1. The van der Waals surface area contributed by atoms with Gasteiger partial charge in [0.15, 0.2) is 8.32 Å². The minimum Gasteiger partial charge on any atom is -0.414 e. The third kappa shape index (κ3) is 12.4. The van der Waals surface area contributed by atoms with Crippen LogP contribution in [0.15, 0.2) is 18.2 Å². The zero-order chi connectivity index (χ0) is 26.3. The molecule has 0 spiro atoms. The van der Waals surface area contributed by atoms with Gasteiger partial charge in [0.2, 0.25) is 0 Å². The first-order valence-electron chi connectivity index (χ1n) is 11.6. The average Bonchev–Trinajstić information content (AvgIpc) is 2.77. The lowest BCUT2D eigenvalue weighted by Crippen LogP contribution is -2.41. The smallest absolute Gasteiger partial charge is 0.299 e. The van der Waals surface area contributed by atoms with Crippen molar-refractivity contribution in [2.24, 2.45) is 0 Å². The van der Waals surface area contributed by atoms with E-state index in [2.05, 4.69) is 39.2 Å². The molecule has 200 valence electrons. The average molecular weight is 518 g/mol. The van der Waals surface area contributed by atoms with Gasteiger partial charge in [-0.25, -0.2) is 0 Å². The fourth-order valence-corrected chi connectivity index (χ4v) is 3.55. The Morgan fingerprint density at radius 2 is 1.29 bits per heavy atom. The lowest BCUT2D eigenvalue weighted by Gasteiger charge is -2.36. The number of nitrogens with zero attached hydrogens (tertiary/aromatic N) is 2. The van der Waals surface area contributed by atoms with E-state index >= 15 is 0 Å². The fraction of sp³-hybridized carbons (Fsp3) is 0.727. The lowest BCUT2D eigenvalue weighted by atomic mass is 10.2. The molecule has 0 aliphatic heterocycles. The molecule has 0 aromatic heterocycles. The number of benzene rings is 1. The molecule has 1 aromatic rings. The van der Waals surface area contributed by atoms with Gasteiger partial charge in [-0.1, -0.05) is 20.8 Å². The van der Waals surface area contributed by atoms with Crippen molar-refractivity contribution in [3.63, 3.8) is 0 Å². The molecule has 0 atom stereocenters. The van der Waals surface area contributed by atoms with Crippen LogP contribution in [0.4, 0.5) is 17.1 Å². The van der Waals surface area contributed by atoms with E-state index in [-0.39, 0.29) is 22.1 Å². The van der Waals surface area contributed by atoms with Crippen LogP contribution < -0.4 is 5.32 Å². The molecule has 0 unspecified atom stereocenters. The van der Waals surface area contributed by atoms with Gasteiger partial charge in [0.05, 0.1) is 75.4 Å². The number of hydrogen-bond donors (Lipinski definition) is 1. The highest BCUT2D eigenvalue weighted by Gasteiger charge is 2.36. The Kier molecular flexibility index (Phi) is 13.9. The summed E-state index contributed by atoms with van der Waals surface area (Å²) in [5.74, 6) is 0. The van der Waals surface area contributed by atoms with Gasteiger partial charge < -0.3 is 28.7 Å². The van der Waals surface area contributed by atoms with Crippen molar-refractivity contribution >= 4 is 25.4 Å². The Morgan fingerprint density at radius 3 is 1.74 bits per heavy atom. The number of anilines is 1. The van der Waals surface area contributed by atoms with Crippen LogP contribution in [0.2, 0.25) is 18.1 Å². The first-order valence-corrected chi connectivity index (χ1v) is 14.5. The molecule has 0 aliphatic rings. The van der Waals surface area contributed by atoms with Crippen LogP contribution in [0.3, 0.4) is 0 Å². The third-order valence-electron chi connectivity index (χ3n) is 5.56. The summed E-state index contributed by atoms with van der Waals surface area (Å²) in [6.45, 7) is 15.4. The minimum atomic E-state index is -1.72. The molecule has 12 nitrogen and oxygen atoms in total. The third-order valence-corrected chi connectivity index (χ3v) is 10.1. The molecule has 1 aromatic carbocycles. The number of ether oxygens (including phenoxy) is 4. The largest absolute Gasteiger partial charge is 0.414 e. The lowest BCUT2D eigenvalue weighted by molar-refractivity contribution is -0.393. The number of non-ortho nitro benzene ring substituents is 1. The molecule has 0 bridgehead atoms. The Hall–Kier alpha value is -2.16. The standard InChI is InChI=1S/C22H39N3O9Si/c1-22(2,3)35(4,5)34-17-16-33-15-14-32-13-12-31-11-10-30-9-8-23-20-7-6-19(24(26)27)18-21(20)25(28)29/h6-7,18,23H,8-17H2,1-5H3. The van der Waals surface area contributed by atoms with E-state index < -0.39 is 18.2 Å². The van der Waals surface area contributed by atoms with Gasteiger partial charge in [0, 0.05) is 12.6 Å². The van der Waals surface area contributed by atoms with Crippen LogP contribution in [0.1, 0.15) is 20.8 Å². The first kappa shape index (κ1) is 30.9. The van der Waals surface area contributed by atoms with Crippen molar-refractivity contribution in [3.05, 3.63) is 38.4 Å². The van der Waals surface area contributed by atoms with Crippen molar-refractivity contribution in [1.82, 2.24) is 0 Å². The van der Waals surface area contributed by atoms with E-state index in [1.807, 2.05) is 0 Å².